The minimum absolute atomic E-state index is 0.0455. The first kappa shape index (κ1) is 19.8. The Kier molecular flexibility index (Phi) is 6.08. The van der Waals surface area contributed by atoms with Crippen LogP contribution in [0, 0.1) is 6.92 Å². The number of anilines is 1. The minimum Gasteiger partial charge on any atom is -0.332 e. The molecule has 0 saturated carbocycles. The first-order chi connectivity index (χ1) is 14.1. The van der Waals surface area contributed by atoms with Gasteiger partial charge in [-0.1, -0.05) is 18.6 Å². The maximum absolute atomic E-state index is 12.2. The van der Waals surface area contributed by atoms with E-state index in [2.05, 4.69) is 25.5 Å². The van der Waals surface area contributed by atoms with Crippen molar-refractivity contribution in [1.82, 2.24) is 20.2 Å². The number of fused-ring (bicyclic) bond motifs is 1. The number of carbonyl (C=O) groups excluding carboxylic acids is 2. The lowest BCUT2D eigenvalue weighted by Crippen LogP contribution is -2.36. The van der Waals surface area contributed by atoms with E-state index in [4.69, 9.17) is 0 Å². The quantitative estimate of drug-likeness (QED) is 0.459. The van der Waals surface area contributed by atoms with Crippen molar-refractivity contribution >= 4 is 29.4 Å². The van der Waals surface area contributed by atoms with Crippen molar-refractivity contribution in [1.29, 1.82) is 0 Å². The van der Waals surface area contributed by atoms with Gasteiger partial charge in [0.15, 0.2) is 0 Å². The van der Waals surface area contributed by atoms with E-state index in [-0.39, 0.29) is 24.0 Å². The van der Waals surface area contributed by atoms with E-state index in [0.717, 1.165) is 43.1 Å². The molecule has 2 saturated heterocycles. The largest absolute Gasteiger partial charge is 0.332 e. The van der Waals surface area contributed by atoms with E-state index in [0.29, 0.717) is 11.7 Å². The van der Waals surface area contributed by atoms with Gasteiger partial charge in [0.2, 0.25) is 5.91 Å². The molecule has 2 aliphatic rings. The number of hydrogen-bond donors (Lipinski definition) is 3. The molecule has 0 bridgehead atoms. The van der Waals surface area contributed by atoms with Crippen LogP contribution in [-0.2, 0) is 11.3 Å². The average molecular weight is 414 g/mol. The number of unbranched alkanes of at least 4 members (excludes halogenated alkanes) is 1. The molecule has 3 amide bonds. The number of nitrogens with one attached hydrogen (secondary N) is 3. The normalized spacial score (nSPS) is 22.8. The summed E-state index contributed by atoms with van der Waals surface area (Å²) in [4.78, 5) is 27.9. The van der Waals surface area contributed by atoms with Crippen LogP contribution in [0.25, 0.3) is 0 Å². The van der Waals surface area contributed by atoms with E-state index >= 15 is 0 Å². The zero-order valence-corrected chi connectivity index (χ0v) is 17.4. The van der Waals surface area contributed by atoms with Crippen molar-refractivity contribution in [2.45, 2.75) is 56.5 Å². The highest BCUT2D eigenvalue weighted by Crippen LogP contribution is 2.33. The molecular weight excluding hydrogens is 386 g/mol. The molecule has 3 atom stereocenters. The van der Waals surface area contributed by atoms with Crippen LogP contribution in [0.4, 0.5) is 10.5 Å². The summed E-state index contributed by atoms with van der Waals surface area (Å²) in [5, 5.41) is 9.41. The average Bonchev–Trinajstić information content (AvgIpc) is 3.37. The number of rotatable bonds is 8. The van der Waals surface area contributed by atoms with E-state index < -0.39 is 0 Å². The van der Waals surface area contributed by atoms with Crippen LogP contribution in [0.15, 0.2) is 36.7 Å². The van der Waals surface area contributed by atoms with Crippen molar-refractivity contribution in [3.63, 3.8) is 0 Å². The standard InChI is InChI=1S/C21H27N5O2S/c1-14-22-10-11-26(14)12-15-6-8-16(9-7-15)23-19(27)5-3-2-4-18-20-17(13-29-18)24-21(28)25-20/h6-11,17-18,20H,2-5,12-13H2,1H3,(H,23,27)(H2,24,25,28)/t17-,18-,20-/m0/s1. The van der Waals surface area contributed by atoms with Crippen LogP contribution in [0.3, 0.4) is 0 Å². The molecule has 0 spiro atoms. The monoisotopic (exact) mass is 413 g/mol. The van der Waals surface area contributed by atoms with Gasteiger partial charge in [0.25, 0.3) is 0 Å². The fraction of sp³-hybridized carbons (Fsp3) is 0.476. The molecule has 7 nitrogen and oxygen atoms in total. The predicted octanol–water partition coefficient (Wildman–Crippen LogP) is 2.90. The molecule has 0 unspecified atom stereocenters. The molecular formula is C21H27N5O2S. The molecule has 154 valence electrons. The van der Waals surface area contributed by atoms with Gasteiger partial charge in [-0.15, -0.1) is 0 Å². The molecule has 2 aliphatic heterocycles. The fourth-order valence-corrected chi connectivity index (χ4v) is 5.50. The van der Waals surface area contributed by atoms with Crippen molar-refractivity contribution in [2.75, 3.05) is 11.1 Å². The minimum atomic E-state index is -0.0455. The van der Waals surface area contributed by atoms with Gasteiger partial charge in [-0.05, 0) is 37.5 Å². The van der Waals surface area contributed by atoms with Gasteiger partial charge in [0, 0.05) is 42.0 Å². The summed E-state index contributed by atoms with van der Waals surface area (Å²) in [7, 11) is 0. The van der Waals surface area contributed by atoms with Crippen LogP contribution in [0.5, 0.6) is 0 Å². The highest BCUT2D eigenvalue weighted by Gasteiger charge is 2.42. The molecule has 0 radical (unpaired) electrons. The third kappa shape index (κ3) is 4.93. The second-order valence-corrected chi connectivity index (χ2v) is 8.99. The van der Waals surface area contributed by atoms with Crippen molar-refractivity contribution in [2.24, 2.45) is 0 Å². The summed E-state index contributed by atoms with van der Waals surface area (Å²) < 4.78 is 2.09. The smallest absolute Gasteiger partial charge is 0.315 e. The molecule has 29 heavy (non-hydrogen) atoms. The first-order valence-corrected chi connectivity index (χ1v) is 11.2. The maximum atomic E-state index is 12.2. The number of amides is 3. The number of nitrogens with zero attached hydrogens (tertiary/aromatic N) is 2. The Morgan fingerprint density at radius 2 is 2.10 bits per heavy atom. The number of aromatic nitrogens is 2. The Labute approximate surface area is 175 Å². The van der Waals surface area contributed by atoms with Crippen LogP contribution in [-0.4, -0.2) is 44.6 Å². The second-order valence-electron chi connectivity index (χ2n) is 7.72. The van der Waals surface area contributed by atoms with Crippen LogP contribution < -0.4 is 16.0 Å². The Bertz CT molecular complexity index is 866. The Morgan fingerprint density at radius 3 is 2.86 bits per heavy atom. The second kappa shape index (κ2) is 8.90. The molecule has 2 fully saturated rings. The lowest BCUT2D eigenvalue weighted by atomic mass is 10.0. The Hall–Kier alpha value is -2.48. The third-order valence-corrected chi connectivity index (χ3v) is 7.10. The van der Waals surface area contributed by atoms with Gasteiger partial charge in [-0.3, -0.25) is 4.79 Å². The summed E-state index contributed by atoms with van der Waals surface area (Å²) in [5.41, 5.74) is 2.00. The van der Waals surface area contributed by atoms with Crippen molar-refractivity contribution in [3.8, 4) is 0 Å². The highest BCUT2D eigenvalue weighted by atomic mass is 32.2. The molecule has 3 heterocycles. The van der Waals surface area contributed by atoms with Gasteiger partial charge in [0.05, 0.1) is 12.1 Å². The van der Waals surface area contributed by atoms with E-state index in [9.17, 15) is 9.59 Å². The number of carbonyl (C=O) groups is 2. The number of hydrogen-bond acceptors (Lipinski definition) is 4. The van der Waals surface area contributed by atoms with Gasteiger partial charge in [-0.2, -0.15) is 11.8 Å². The van der Waals surface area contributed by atoms with Crippen LogP contribution >= 0.6 is 11.8 Å². The van der Waals surface area contributed by atoms with Crippen LogP contribution in [0.2, 0.25) is 0 Å². The lowest BCUT2D eigenvalue weighted by Gasteiger charge is -2.16. The molecule has 4 rings (SSSR count). The molecule has 2 aromatic rings. The molecule has 3 N–H and O–H groups in total. The van der Waals surface area contributed by atoms with E-state index in [1.54, 1.807) is 6.20 Å². The number of aryl methyl sites for hydroxylation is 1. The van der Waals surface area contributed by atoms with Gasteiger partial charge in [-0.25, -0.2) is 9.78 Å². The number of urea groups is 1. The SMILES string of the molecule is Cc1nccn1Cc1ccc(NC(=O)CCCC[C@@H]2SC[C@@H]3NC(=O)N[C@@H]32)cc1. The summed E-state index contributed by atoms with van der Waals surface area (Å²) in [6.07, 6.45) is 7.17. The molecule has 1 aromatic carbocycles. The maximum Gasteiger partial charge on any atom is 0.315 e. The van der Waals surface area contributed by atoms with E-state index in [1.807, 2.05) is 49.1 Å². The van der Waals surface area contributed by atoms with Gasteiger partial charge < -0.3 is 20.5 Å². The zero-order chi connectivity index (χ0) is 20.2. The molecule has 0 aliphatic carbocycles. The van der Waals surface area contributed by atoms with Gasteiger partial charge >= 0.3 is 6.03 Å². The first-order valence-electron chi connectivity index (χ1n) is 10.1. The molecule has 1 aromatic heterocycles. The molecule has 8 heteroatoms. The van der Waals surface area contributed by atoms with Crippen LogP contribution in [0.1, 0.15) is 37.1 Å². The summed E-state index contributed by atoms with van der Waals surface area (Å²) in [6, 6.07) is 8.43. The summed E-state index contributed by atoms with van der Waals surface area (Å²) in [5.74, 6) is 2.02. The Morgan fingerprint density at radius 1 is 1.28 bits per heavy atom. The number of thioether (sulfide) groups is 1. The van der Waals surface area contributed by atoms with Crippen molar-refractivity contribution in [3.05, 3.63) is 48.0 Å². The Balaban J connectivity index is 1.16. The summed E-state index contributed by atoms with van der Waals surface area (Å²) in [6.45, 7) is 2.76. The van der Waals surface area contributed by atoms with Crippen molar-refractivity contribution < 1.29 is 9.59 Å². The van der Waals surface area contributed by atoms with Gasteiger partial charge in [0.1, 0.15) is 5.82 Å². The third-order valence-electron chi connectivity index (χ3n) is 5.59. The fourth-order valence-electron chi connectivity index (χ4n) is 3.96. The topological polar surface area (TPSA) is 88.1 Å². The predicted molar refractivity (Wildman–Crippen MR) is 115 cm³/mol. The number of benzene rings is 1. The summed E-state index contributed by atoms with van der Waals surface area (Å²) >= 11 is 1.92. The zero-order valence-electron chi connectivity index (χ0n) is 16.6. The van der Waals surface area contributed by atoms with E-state index in [1.165, 1.54) is 5.56 Å². The number of imidazole rings is 1. The lowest BCUT2D eigenvalue weighted by molar-refractivity contribution is -0.116. The highest BCUT2D eigenvalue weighted by molar-refractivity contribution is 8.00.